The monoisotopic (exact) mass is 637 g/mol. The van der Waals surface area contributed by atoms with Gasteiger partial charge in [0.05, 0.1) is 22.7 Å². The maximum absolute atomic E-state index is 9.65. The largest absolute Gasteiger partial charge is 0.661 e. The molecule has 50 heavy (non-hydrogen) atoms. The quantitative estimate of drug-likeness (QED) is 0.189. The lowest BCUT2D eigenvalue weighted by molar-refractivity contribution is 0.756. The number of fused-ring (bicyclic) bond motifs is 7. The lowest BCUT2D eigenvalue weighted by Crippen LogP contribution is -2.09. The normalized spacial score (nSPS) is 14.1. The topological polar surface area (TPSA) is 47.8 Å². The zero-order valence-corrected chi connectivity index (χ0v) is 27.0. The number of nitriles is 1. The van der Waals surface area contributed by atoms with E-state index in [0.717, 1.165) is 39.1 Å². The van der Waals surface area contributed by atoms with Crippen molar-refractivity contribution in [2.45, 2.75) is 6.17 Å². The van der Waals surface area contributed by atoms with Gasteiger partial charge < -0.3 is 14.5 Å². The number of nitrogens with zero attached hydrogens (tertiary/aromatic N) is 4. The number of rotatable bonds is 4. The smallest absolute Gasteiger partial charge is 0.0991 e. The van der Waals surface area contributed by atoms with Gasteiger partial charge in [0.15, 0.2) is 0 Å². The Balaban J connectivity index is 1.14. The van der Waals surface area contributed by atoms with Gasteiger partial charge in [-0.3, -0.25) is 0 Å². The fourth-order valence-corrected chi connectivity index (χ4v) is 7.85. The van der Waals surface area contributed by atoms with Crippen LogP contribution in [0, 0.1) is 11.3 Å². The molecule has 0 bridgehead atoms. The average Bonchev–Trinajstić information content (AvgIpc) is 3.70. The maximum atomic E-state index is 9.65. The summed E-state index contributed by atoms with van der Waals surface area (Å²) in [5, 5.41) is 19.8. The number of benzene rings is 7. The molecule has 0 saturated carbocycles. The van der Waals surface area contributed by atoms with Gasteiger partial charge >= 0.3 is 0 Å². The van der Waals surface area contributed by atoms with Crippen LogP contribution in [0.1, 0.15) is 22.9 Å². The zero-order valence-electron chi connectivity index (χ0n) is 27.0. The number of para-hydroxylation sites is 4. The number of hydrogen-bond donors (Lipinski definition) is 0. The third-order valence-electron chi connectivity index (χ3n) is 10.1. The van der Waals surface area contributed by atoms with E-state index in [1.807, 2.05) is 24.3 Å². The highest BCUT2D eigenvalue weighted by Gasteiger charge is 2.19. The Bertz CT molecular complexity index is 2860. The minimum atomic E-state index is -0.264. The molecule has 4 heteroatoms. The molecule has 0 radical (unpaired) electrons. The first-order chi connectivity index (χ1) is 24.7. The summed E-state index contributed by atoms with van der Waals surface area (Å²) in [5.41, 5.74) is 13.0. The first-order valence-electron chi connectivity index (χ1n) is 16.9. The summed E-state index contributed by atoms with van der Waals surface area (Å²) in [6.07, 6.45) is 1.98. The Morgan fingerprint density at radius 3 is 1.92 bits per heavy atom. The lowest BCUT2D eigenvalue weighted by atomic mass is 9.92. The summed E-state index contributed by atoms with van der Waals surface area (Å²) in [5.74, 6) is 0. The van der Waals surface area contributed by atoms with Crippen LogP contribution in [0.2, 0.25) is 0 Å². The van der Waals surface area contributed by atoms with Gasteiger partial charge in [0.25, 0.3) is 0 Å². The van der Waals surface area contributed by atoms with Crippen molar-refractivity contribution in [1.82, 2.24) is 9.13 Å². The van der Waals surface area contributed by atoms with Gasteiger partial charge in [-0.25, -0.2) is 0 Å². The van der Waals surface area contributed by atoms with Crippen molar-refractivity contribution in [3.63, 3.8) is 0 Å². The molecule has 1 aliphatic heterocycles. The second-order valence-corrected chi connectivity index (χ2v) is 12.9. The molecular formula is C46H29N4-. The average molecular weight is 638 g/mol. The Morgan fingerprint density at radius 2 is 1.12 bits per heavy atom. The van der Waals surface area contributed by atoms with Crippen molar-refractivity contribution in [2.75, 3.05) is 0 Å². The first kappa shape index (κ1) is 28.2. The van der Waals surface area contributed by atoms with Crippen molar-refractivity contribution in [1.29, 1.82) is 5.26 Å². The molecule has 7 aromatic carbocycles. The van der Waals surface area contributed by atoms with Crippen molar-refractivity contribution >= 4 is 54.9 Å². The fraction of sp³-hybridized carbons (Fsp3) is 0.0217. The SMILES string of the molecule is N#Cc1cccc(C2=CC(n3c4ccccc4c4cc(-c5ccc6c(c5)c5ccccc5n6-c5ccccc5)ccc43)[N-]c3ccccc32)c1. The molecule has 4 nitrogen and oxygen atoms in total. The van der Waals surface area contributed by atoms with Crippen LogP contribution in [0.3, 0.4) is 0 Å². The molecule has 0 spiro atoms. The number of hydrogen-bond acceptors (Lipinski definition) is 1. The molecule has 0 aliphatic carbocycles. The molecule has 2 aromatic heterocycles. The molecule has 0 fully saturated rings. The van der Waals surface area contributed by atoms with E-state index in [1.54, 1.807) is 0 Å². The van der Waals surface area contributed by atoms with Gasteiger partial charge in [-0.1, -0.05) is 109 Å². The summed E-state index contributed by atoms with van der Waals surface area (Å²) in [6.45, 7) is 0. The van der Waals surface area contributed by atoms with E-state index in [-0.39, 0.29) is 6.17 Å². The van der Waals surface area contributed by atoms with Crippen molar-refractivity contribution < 1.29 is 0 Å². The van der Waals surface area contributed by atoms with Crippen molar-refractivity contribution in [3.8, 4) is 22.9 Å². The van der Waals surface area contributed by atoms with Gasteiger partial charge in [0.1, 0.15) is 0 Å². The van der Waals surface area contributed by atoms with Crippen LogP contribution in [-0.2, 0) is 0 Å². The van der Waals surface area contributed by atoms with E-state index in [0.29, 0.717) is 5.56 Å². The van der Waals surface area contributed by atoms with E-state index in [9.17, 15) is 5.26 Å². The molecule has 9 aromatic rings. The van der Waals surface area contributed by atoms with E-state index in [4.69, 9.17) is 5.32 Å². The second kappa shape index (κ2) is 11.1. The van der Waals surface area contributed by atoms with Crippen LogP contribution < -0.4 is 0 Å². The minimum absolute atomic E-state index is 0.264. The fourth-order valence-electron chi connectivity index (χ4n) is 7.85. The van der Waals surface area contributed by atoms with Gasteiger partial charge in [0, 0.05) is 38.3 Å². The Kier molecular flexibility index (Phi) is 6.27. The van der Waals surface area contributed by atoms with Crippen LogP contribution in [-0.4, -0.2) is 9.13 Å². The highest BCUT2D eigenvalue weighted by Crippen LogP contribution is 2.47. The zero-order chi connectivity index (χ0) is 33.2. The Hall–Kier alpha value is -6.83. The third-order valence-corrected chi connectivity index (χ3v) is 10.1. The Morgan fingerprint density at radius 1 is 0.500 bits per heavy atom. The molecule has 10 rings (SSSR count). The highest BCUT2D eigenvalue weighted by molar-refractivity contribution is 6.12. The standard InChI is InChI=1S/C46H29N4/c47-29-30-11-10-12-33(25-30)38-28-46(48-41-18-7-4-15-35(38)41)50-43-20-9-6-17-37(43)40-27-32(22-24-45(40)50)31-21-23-44-39(26-31)36-16-5-8-19-42(36)49(44)34-13-2-1-3-14-34/h1-28,46H/q-1. The van der Waals surface area contributed by atoms with Gasteiger partial charge in [-0.2, -0.15) is 5.26 Å². The van der Waals surface area contributed by atoms with Gasteiger partial charge in [0.2, 0.25) is 0 Å². The van der Waals surface area contributed by atoms with E-state index in [2.05, 4.69) is 161 Å². The van der Waals surface area contributed by atoms with Gasteiger partial charge in [-0.15, -0.1) is 5.69 Å². The predicted molar refractivity (Wildman–Crippen MR) is 206 cm³/mol. The third kappa shape index (κ3) is 4.31. The van der Waals surface area contributed by atoms with Gasteiger partial charge in [-0.05, 0) is 94.7 Å². The van der Waals surface area contributed by atoms with Crippen LogP contribution in [0.15, 0.2) is 170 Å². The molecule has 3 heterocycles. The second-order valence-electron chi connectivity index (χ2n) is 12.9. The summed E-state index contributed by atoms with van der Waals surface area (Å²) < 4.78 is 4.71. The number of aromatic nitrogens is 2. The molecule has 1 unspecified atom stereocenters. The predicted octanol–water partition coefficient (Wildman–Crippen LogP) is 12.1. The molecule has 0 N–H and O–H groups in total. The first-order valence-corrected chi connectivity index (χ1v) is 16.9. The summed E-state index contributed by atoms with van der Waals surface area (Å²) in [7, 11) is 0. The van der Waals surface area contributed by atoms with E-state index < -0.39 is 0 Å². The highest BCUT2D eigenvalue weighted by atomic mass is 15.2. The Labute approximate surface area is 289 Å². The van der Waals surface area contributed by atoms with E-state index in [1.165, 1.54) is 43.7 Å². The molecule has 234 valence electrons. The van der Waals surface area contributed by atoms with Crippen LogP contribution in [0.25, 0.3) is 71.3 Å². The molecule has 1 atom stereocenters. The van der Waals surface area contributed by atoms with Crippen molar-refractivity contribution in [3.05, 3.63) is 192 Å². The summed E-state index contributed by atoms with van der Waals surface area (Å²) in [6, 6.07) is 60.0. The van der Waals surface area contributed by atoms with Crippen LogP contribution in [0.5, 0.6) is 0 Å². The maximum Gasteiger partial charge on any atom is 0.0991 e. The summed E-state index contributed by atoms with van der Waals surface area (Å²) in [4.78, 5) is 0. The molecule has 0 amide bonds. The van der Waals surface area contributed by atoms with E-state index >= 15 is 0 Å². The molecule has 0 saturated heterocycles. The minimum Gasteiger partial charge on any atom is -0.661 e. The molecule has 1 aliphatic rings. The molecular weight excluding hydrogens is 609 g/mol. The van der Waals surface area contributed by atoms with Crippen molar-refractivity contribution in [2.24, 2.45) is 0 Å². The summed E-state index contributed by atoms with van der Waals surface area (Å²) >= 11 is 0. The van der Waals surface area contributed by atoms with Crippen LogP contribution in [0.4, 0.5) is 5.69 Å². The lowest BCUT2D eigenvalue weighted by Gasteiger charge is -2.40. The van der Waals surface area contributed by atoms with Crippen LogP contribution >= 0.6 is 0 Å².